The van der Waals surface area contributed by atoms with Crippen LogP contribution >= 0.6 is 0 Å². The van der Waals surface area contributed by atoms with Gasteiger partial charge in [0.1, 0.15) is 5.75 Å². The Morgan fingerprint density at radius 1 is 1.31 bits per heavy atom. The van der Waals surface area contributed by atoms with Crippen LogP contribution in [-0.2, 0) is 6.42 Å². The fourth-order valence-corrected chi connectivity index (χ4v) is 2.22. The average Bonchev–Trinajstić information content (AvgIpc) is 2.60. The topological polar surface area (TPSA) is 51.0 Å². The molecule has 16 heavy (non-hydrogen) atoms. The summed E-state index contributed by atoms with van der Waals surface area (Å²) in [5.74, 6) is 0.884. The quantitative estimate of drug-likeness (QED) is 0.778. The number of fused-ring (bicyclic) bond motifs is 1. The van der Waals surface area contributed by atoms with Crippen molar-refractivity contribution in [3.63, 3.8) is 0 Å². The minimum Gasteiger partial charge on any atom is -0.492 e. The number of hydrogen-bond donors (Lipinski definition) is 2. The molecule has 3 nitrogen and oxygen atoms in total. The molecule has 0 aliphatic heterocycles. The van der Waals surface area contributed by atoms with E-state index in [-0.39, 0.29) is 0 Å². The molecule has 0 radical (unpaired) electrons. The van der Waals surface area contributed by atoms with Gasteiger partial charge in [-0.1, -0.05) is 6.92 Å². The van der Waals surface area contributed by atoms with Crippen LogP contribution in [0.25, 0.3) is 10.9 Å². The van der Waals surface area contributed by atoms with Gasteiger partial charge in [-0.2, -0.15) is 0 Å². The van der Waals surface area contributed by atoms with Gasteiger partial charge in [0.05, 0.1) is 12.1 Å². The van der Waals surface area contributed by atoms with E-state index in [0.29, 0.717) is 6.61 Å². The second-order valence-corrected chi connectivity index (χ2v) is 3.92. The lowest BCUT2D eigenvalue weighted by molar-refractivity contribution is 0.344. The van der Waals surface area contributed by atoms with Gasteiger partial charge in [0, 0.05) is 16.8 Å². The zero-order valence-corrected chi connectivity index (χ0v) is 10.1. The highest BCUT2D eigenvalue weighted by Crippen LogP contribution is 2.34. The molecule has 0 aliphatic rings. The van der Waals surface area contributed by atoms with Crippen molar-refractivity contribution in [2.45, 2.75) is 27.2 Å². The van der Waals surface area contributed by atoms with Gasteiger partial charge in [-0.15, -0.1) is 0 Å². The highest BCUT2D eigenvalue weighted by Gasteiger charge is 2.13. The van der Waals surface area contributed by atoms with Crippen LogP contribution < -0.4 is 10.5 Å². The molecule has 0 spiro atoms. The third kappa shape index (κ3) is 1.52. The van der Waals surface area contributed by atoms with Crippen LogP contribution in [0.15, 0.2) is 12.1 Å². The molecule has 2 rings (SSSR count). The van der Waals surface area contributed by atoms with Gasteiger partial charge in [0.15, 0.2) is 0 Å². The Morgan fingerprint density at radius 2 is 2.06 bits per heavy atom. The predicted molar refractivity (Wildman–Crippen MR) is 68.0 cm³/mol. The summed E-state index contributed by atoms with van der Waals surface area (Å²) in [6.45, 7) is 6.87. The van der Waals surface area contributed by atoms with Crippen LogP contribution in [0.5, 0.6) is 5.75 Å². The van der Waals surface area contributed by atoms with Crippen molar-refractivity contribution in [3.8, 4) is 5.75 Å². The van der Waals surface area contributed by atoms with E-state index < -0.39 is 0 Å². The van der Waals surface area contributed by atoms with Crippen LogP contribution in [0.4, 0.5) is 5.69 Å². The minimum atomic E-state index is 0.665. The molecule has 0 saturated carbocycles. The Morgan fingerprint density at radius 3 is 2.69 bits per heavy atom. The zero-order valence-electron chi connectivity index (χ0n) is 10.1. The Kier molecular flexibility index (Phi) is 2.77. The number of ether oxygens (including phenoxy) is 1. The molecule has 1 heterocycles. The van der Waals surface area contributed by atoms with Crippen molar-refractivity contribution in [1.82, 2.24) is 4.98 Å². The molecule has 0 unspecified atom stereocenters. The van der Waals surface area contributed by atoms with E-state index in [9.17, 15) is 0 Å². The molecule has 0 aliphatic carbocycles. The van der Waals surface area contributed by atoms with Crippen LogP contribution in [0.3, 0.4) is 0 Å². The first-order chi connectivity index (χ1) is 7.69. The molecule has 0 amide bonds. The Balaban J connectivity index is 2.75. The summed E-state index contributed by atoms with van der Waals surface area (Å²) in [6, 6.07) is 3.84. The van der Waals surface area contributed by atoms with Crippen LogP contribution in [-0.4, -0.2) is 11.6 Å². The number of benzene rings is 1. The maximum Gasteiger partial charge on any atom is 0.143 e. The van der Waals surface area contributed by atoms with E-state index in [2.05, 4.69) is 18.8 Å². The number of nitrogens with one attached hydrogen (secondary N) is 1. The fraction of sp³-hybridized carbons (Fsp3) is 0.385. The van der Waals surface area contributed by atoms with Crippen molar-refractivity contribution in [2.24, 2.45) is 0 Å². The largest absolute Gasteiger partial charge is 0.492 e. The Labute approximate surface area is 95.6 Å². The Hall–Kier alpha value is -1.64. The van der Waals surface area contributed by atoms with Gasteiger partial charge in [-0.25, -0.2) is 0 Å². The molecule has 1 aromatic carbocycles. The molecule has 0 atom stereocenters. The van der Waals surface area contributed by atoms with Gasteiger partial charge >= 0.3 is 0 Å². The van der Waals surface area contributed by atoms with Gasteiger partial charge in [-0.3, -0.25) is 0 Å². The fourth-order valence-electron chi connectivity index (χ4n) is 2.22. The second-order valence-electron chi connectivity index (χ2n) is 3.92. The zero-order chi connectivity index (χ0) is 11.7. The van der Waals surface area contributed by atoms with E-state index in [0.717, 1.165) is 28.8 Å². The number of aromatic amines is 1. The molecular formula is C13H18N2O. The Bertz CT molecular complexity index is 514. The molecule has 3 heteroatoms. The summed E-state index contributed by atoms with van der Waals surface area (Å²) in [5, 5.41) is 1.12. The van der Waals surface area contributed by atoms with E-state index in [1.54, 1.807) is 0 Å². The van der Waals surface area contributed by atoms with Crippen LogP contribution in [0, 0.1) is 6.92 Å². The number of rotatable bonds is 3. The third-order valence-corrected chi connectivity index (χ3v) is 2.92. The van der Waals surface area contributed by atoms with E-state index in [1.165, 1.54) is 11.3 Å². The summed E-state index contributed by atoms with van der Waals surface area (Å²) in [4.78, 5) is 3.37. The van der Waals surface area contributed by atoms with Crippen molar-refractivity contribution in [1.29, 1.82) is 0 Å². The minimum absolute atomic E-state index is 0.665. The first-order valence-corrected chi connectivity index (χ1v) is 5.71. The number of anilines is 1. The smallest absolute Gasteiger partial charge is 0.143 e. The maximum atomic E-state index is 6.04. The molecule has 0 saturated heterocycles. The third-order valence-electron chi connectivity index (χ3n) is 2.92. The van der Waals surface area contributed by atoms with Gasteiger partial charge < -0.3 is 15.5 Å². The number of nitrogens with two attached hydrogens (primary N) is 1. The average molecular weight is 218 g/mol. The van der Waals surface area contributed by atoms with Crippen molar-refractivity contribution >= 4 is 16.6 Å². The van der Waals surface area contributed by atoms with Crippen molar-refractivity contribution in [2.75, 3.05) is 12.3 Å². The lowest BCUT2D eigenvalue weighted by Gasteiger charge is -2.06. The van der Waals surface area contributed by atoms with E-state index in [1.807, 2.05) is 19.1 Å². The summed E-state index contributed by atoms with van der Waals surface area (Å²) in [5.41, 5.74) is 10.3. The van der Waals surface area contributed by atoms with Crippen LogP contribution in [0.2, 0.25) is 0 Å². The lowest BCUT2D eigenvalue weighted by atomic mass is 10.1. The summed E-state index contributed by atoms with van der Waals surface area (Å²) >= 11 is 0. The first-order valence-electron chi connectivity index (χ1n) is 5.71. The highest BCUT2D eigenvalue weighted by molar-refractivity contribution is 5.98. The van der Waals surface area contributed by atoms with E-state index in [4.69, 9.17) is 10.5 Å². The lowest BCUT2D eigenvalue weighted by Crippen LogP contribution is -1.94. The number of aryl methyl sites for hydroxylation is 2. The number of H-pyrrole nitrogens is 1. The molecule has 86 valence electrons. The van der Waals surface area contributed by atoms with Crippen molar-refractivity contribution in [3.05, 3.63) is 23.4 Å². The van der Waals surface area contributed by atoms with Gasteiger partial charge in [0.25, 0.3) is 0 Å². The van der Waals surface area contributed by atoms with Gasteiger partial charge in [-0.05, 0) is 38.0 Å². The van der Waals surface area contributed by atoms with E-state index >= 15 is 0 Å². The van der Waals surface area contributed by atoms with Crippen LogP contribution in [0.1, 0.15) is 25.1 Å². The number of hydrogen-bond acceptors (Lipinski definition) is 2. The molecular weight excluding hydrogens is 200 g/mol. The standard InChI is InChI=1S/C13H18N2O/c1-4-9-8(3)15-13-11(16-5-2)7-6-10(14)12(9)13/h6-7,15H,4-5,14H2,1-3H3. The SMILES string of the molecule is CCOc1ccc(N)c2c(CC)c(C)[nH]c12. The predicted octanol–water partition coefficient (Wildman–Crippen LogP) is 3.02. The first kappa shape index (κ1) is 10.9. The molecule has 0 fully saturated rings. The summed E-state index contributed by atoms with van der Waals surface area (Å²) in [7, 11) is 0. The highest BCUT2D eigenvalue weighted by atomic mass is 16.5. The normalized spacial score (nSPS) is 10.9. The van der Waals surface area contributed by atoms with Gasteiger partial charge in [0.2, 0.25) is 0 Å². The summed E-state index contributed by atoms with van der Waals surface area (Å²) < 4.78 is 5.60. The van der Waals surface area contributed by atoms with Crippen molar-refractivity contribution < 1.29 is 4.74 Å². The molecule has 2 aromatic rings. The number of aromatic nitrogens is 1. The maximum absolute atomic E-state index is 6.04. The second kappa shape index (κ2) is 4.08. The molecule has 1 aromatic heterocycles. The summed E-state index contributed by atoms with van der Waals surface area (Å²) in [6.07, 6.45) is 0.978. The number of nitrogen functional groups attached to an aromatic ring is 1. The monoisotopic (exact) mass is 218 g/mol. The molecule has 0 bridgehead atoms. The molecule has 3 N–H and O–H groups in total.